The number of carbonyl (C=O) groups excluding carboxylic acids is 2. The third-order valence-corrected chi connectivity index (χ3v) is 6.25. The van der Waals surface area contributed by atoms with Gasteiger partial charge in [-0.25, -0.2) is 9.59 Å². The first-order valence-corrected chi connectivity index (χ1v) is 12.5. The maximum absolute atomic E-state index is 13.0. The summed E-state index contributed by atoms with van der Waals surface area (Å²) in [6.07, 6.45) is 0. The SMILES string of the molecule is CCOC(=O)c1c(NC(=O)Nc2ccc(OC)c(OC)c2)cc(Cl)n1-c1ccc(-c2cccc(OC)c2O)cc1. The normalized spacial score (nSPS) is 10.5. The molecule has 2 amide bonds. The number of urea groups is 1. The van der Waals surface area contributed by atoms with Gasteiger partial charge in [0.1, 0.15) is 5.15 Å². The van der Waals surface area contributed by atoms with Gasteiger partial charge in [-0.05, 0) is 42.8 Å². The molecule has 0 spiro atoms. The summed E-state index contributed by atoms with van der Waals surface area (Å²) in [5, 5.41) is 16.1. The molecule has 0 saturated carbocycles. The number of amides is 2. The topological polar surface area (TPSA) is 120 Å². The number of anilines is 2. The lowest BCUT2D eigenvalue weighted by molar-refractivity contribution is 0.0518. The molecule has 3 N–H and O–H groups in total. The molecular weight excluding hydrogens is 538 g/mol. The number of phenols is 1. The van der Waals surface area contributed by atoms with Gasteiger partial charge in [0.15, 0.2) is 28.7 Å². The number of esters is 1. The van der Waals surface area contributed by atoms with Crippen molar-refractivity contribution in [1.29, 1.82) is 0 Å². The Balaban J connectivity index is 1.66. The van der Waals surface area contributed by atoms with Crippen LogP contribution in [0.25, 0.3) is 16.8 Å². The Kier molecular flexibility index (Phi) is 8.70. The zero-order chi connectivity index (χ0) is 28.8. The fourth-order valence-corrected chi connectivity index (χ4v) is 4.43. The van der Waals surface area contributed by atoms with E-state index >= 15 is 0 Å². The number of phenolic OH excluding ortho intramolecular Hbond substituents is 1. The Morgan fingerprint density at radius 2 is 1.57 bits per heavy atom. The van der Waals surface area contributed by atoms with Gasteiger partial charge in [-0.3, -0.25) is 4.57 Å². The summed E-state index contributed by atoms with van der Waals surface area (Å²) >= 11 is 6.56. The van der Waals surface area contributed by atoms with Crippen molar-refractivity contribution in [2.24, 2.45) is 0 Å². The lowest BCUT2D eigenvalue weighted by Gasteiger charge is -2.14. The van der Waals surface area contributed by atoms with E-state index in [1.165, 1.54) is 32.0 Å². The maximum atomic E-state index is 13.0. The minimum Gasteiger partial charge on any atom is -0.504 e. The van der Waals surface area contributed by atoms with Crippen LogP contribution in [0.15, 0.2) is 66.7 Å². The second-order valence-electron chi connectivity index (χ2n) is 8.34. The number of methoxy groups -OCH3 is 3. The predicted octanol–water partition coefficient (Wildman–Crippen LogP) is 6.35. The van der Waals surface area contributed by atoms with Crippen molar-refractivity contribution < 1.29 is 33.6 Å². The van der Waals surface area contributed by atoms with Gasteiger partial charge in [0.25, 0.3) is 0 Å². The molecule has 0 saturated heterocycles. The number of carbonyl (C=O) groups is 2. The second kappa shape index (κ2) is 12.4. The van der Waals surface area contributed by atoms with Crippen LogP contribution in [0, 0.1) is 0 Å². The zero-order valence-corrected chi connectivity index (χ0v) is 23.0. The number of aromatic hydroxyl groups is 1. The minimum atomic E-state index is -0.676. The molecule has 40 heavy (non-hydrogen) atoms. The van der Waals surface area contributed by atoms with Crippen LogP contribution in [0.3, 0.4) is 0 Å². The summed E-state index contributed by atoms with van der Waals surface area (Å²) in [7, 11) is 4.48. The average Bonchev–Trinajstić information content (AvgIpc) is 3.28. The summed E-state index contributed by atoms with van der Waals surface area (Å²) in [5.74, 6) is 0.630. The summed E-state index contributed by atoms with van der Waals surface area (Å²) in [4.78, 5) is 25.9. The third kappa shape index (κ3) is 5.76. The van der Waals surface area contributed by atoms with Gasteiger partial charge in [-0.15, -0.1) is 0 Å². The van der Waals surface area contributed by atoms with Crippen LogP contribution in [0.5, 0.6) is 23.0 Å². The van der Waals surface area contributed by atoms with Gasteiger partial charge < -0.3 is 34.7 Å². The first kappa shape index (κ1) is 28.2. The van der Waals surface area contributed by atoms with Crippen LogP contribution in [0.1, 0.15) is 17.4 Å². The highest BCUT2D eigenvalue weighted by Crippen LogP contribution is 2.38. The fourth-order valence-electron chi connectivity index (χ4n) is 4.14. The van der Waals surface area contributed by atoms with Gasteiger partial charge in [0.2, 0.25) is 0 Å². The highest BCUT2D eigenvalue weighted by molar-refractivity contribution is 6.31. The Hall–Kier alpha value is -4.83. The molecule has 0 fully saturated rings. The van der Waals surface area contributed by atoms with E-state index in [0.717, 1.165) is 0 Å². The molecule has 11 heteroatoms. The number of rotatable bonds is 9. The average molecular weight is 566 g/mol. The van der Waals surface area contributed by atoms with Crippen LogP contribution in [0.2, 0.25) is 5.15 Å². The largest absolute Gasteiger partial charge is 0.504 e. The minimum absolute atomic E-state index is 0.0101. The number of nitrogens with zero attached hydrogens (tertiary/aromatic N) is 1. The monoisotopic (exact) mass is 565 g/mol. The molecular formula is C29H28ClN3O7. The van der Waals surface area contributed by atoms with Crippen molar-refractivity contribution in [2.75, 3.05) is 38.6 Å². The molecule has 3 aromatic carbocycles. The number of ether oxygens (including phenoxy) is 4. The molecule has 0 bridgehead atoms. The first-order chi connectivity index (χ1) is 19.3. The molecule has 208 valence electrons. The fraction of sp³-hybridized carbons (Fsp3) is 0.172. The highest BCUT2D eigenvalue weighted by Gasteiger charge is 2.25. The van der Waals surface area contributed by atoms with E-state index in [0.29, 0.717) is 39.8 Å². The van der Waals surface area contributed by atoms with Crippen molar-refractivity contribution in [2.45, 2.75) is 6.92 Å². The van der Waals surface area contributed by atoms with Gasteiger partial charge in [-0.1, -0.05) is 35.9 Å². The van der Waals surface area contributed by atoms with Crippen molar-refractivity contribution in [3.05, 3.63) is 77.6 Å². The second-order valence-corrected chi connectivity index (χ2v) is 8.72. The number of nitrogens with one attached hydrogen (secondary N) is 2. The maximum Gasteiger partial charge on any atom is 0.357 e. The molecule has 0 atom stereocenters. The van der Waals surface area contributed by atoms with E-state index in [9.17, 15) is 14.7 Å². The van der Waals surface area contributed by atoms with Crippen molar-refractivity contribution in [3.8, 4) is 39.8 Å². The first-order valence-electron chi connectivity index (χ1n) is 12.2. The van der Waals surface area contributed by atoms with Crippen molar-refractivity contribution >= 4 is 35.0 Å². The Morgan fingerprint density at radius 3 is 2.23 bits per heavy atom. The summed E-state index contributed by atoms with van der Waals surface area (Å²) in [6, 6.07) is 17.9. The molecule has 0 aliphatic heterocycles. The van der Waals surface area contributed by atoms with Crippen LogP contribution in [-0.2, 0) is 4.74 Å². The summed E-state index contributed by atoms with van der Waals surface area (Å²) < 4.78 is 22.4. The number of para-hydroxylation sites is 1. The molecule has 1 heterocycles. The van der Waals surface area contributed by atoms with Gasteiger partial charge in [0, 0.05) is 29.1 Å². The molecule has 4 rings (SSSR count). The molecule has 4 aromatic rings. The lowest BCUT2D eigenvalue weighted by Crippen LogP contribution is -2.22. The zero-order valence-electron chi connectivity index (χ0n) is 22.3. The summed E-state index contributed by atoms with van der Waals surface area (Å²) in [6.45, 7) is 1.80. The number of benzene rings is 3. The van der Waals surface area contributed by atoms with Crippen LogP contribution in [-0.4, -0.2) is 49.6 Å². The van der Waals surface area contributed by atoms with E-state index in [4.69, 9.17) is 30.5 Å². The van der Waals surface area contributed by atoms with E-state index in [-0.39, 0.29) is 28.9 Å². The standard InChI is InChI=1S/C29H28ClN3O7/c1-5-40-28(35)26-21(32-29(36)31-18-11-14-22(37-2)24(15-18)39-4)16-25(30)33(26)19-12-9-17(10-13-19)20-7-6-8-23(38-3)27(20)34/h6-16,34H,5H2,1-4H3,(H2,31,32,36). The Labute approximate surface area is 236 Å². The van der Waals surface area contributed by atoms with Crippen LogP contribution < -0.4 is 24.8 Å². The molecule has 0 radical (unpaired) electrons. The molecule has 0 aliphatic carbocycles. The molecule has 0 aliphatic rings. The van der Waals surface area contributed by atoms with Gasteiger partial charge >= 0.3 is 12.0 Å². The van der Waals surface area contributed by atoms with E-state index in [2.05, 4.69) is 10.6 Å². The summed E-state index contributed by atoms with van der Waals surface area (Å²) in [5.41, 5.74) is 2.45. The van der Waals surface area contributed by atoms with Crippen molar-refractivity contribution in [3.63, 3.8) is 0 Å². The smallest absolute Gasteiger partial charge is 0.357 e. The number of aromatic nitrogens is 1. The molecule has 0 unspecified atom stereocenters. The lowest BCUT2D eigenvalue weighted by atomic mass is 10.0. The number of hydrogen-bond donors (Lipinski definition) is 3. The van der Waals surface area contributed by atoms with Gasteiger partial charge in [0.05, 0.1) is 33.6 Å². The van der Waals surface area contributed by atoms with Gasteiger partial charge in [-0.2, -0.15) is 0 Å². The third-order valence-electron chi connectivity index (χ3n) is 5.97. The van der Waals surface area contributed by atoms with E-state index in [1.807, 2.05) is 0 Å². The Bertz CT molecular complexity index is 1530. The highest BCUT2D eigenvalue weighted by atomic mass is 35.5. The van der Waals surface area contributed by atoms with E-state index < -0.39 is 12.0 Å². The van der Waals surface area contributed by atoms with Crippen LogP contribution >= 0.6 is 11.6 Å². The van der Waals surface area contributed by atoms with Crippen LogP contribution in [0.4, 0.5) is 16.2 Å². The molecule has 10 nitrogen and oxygen atoms in total. The van der Waals surface area contributed by atoms with Crippen molar-refractivity contribution in [1.82, 2.24) is 4.57 Å². The Morgan fingerprint density at radius 1 is 0.875 bits per heavy atom. The quantitative estimate of drug-likeness (QED) is 0.202. The number of halogens is 1. The predicted molar refractivity (Wildman–Crippen MR) is 153 cm³/mol. The number of hydrogen-bond acceptors (Lipinski definition) is 7. The van der Waals surface area contributed by atoms with E-state index in [1.54, 1.807) is 67.6 Å². The molecule has 1 aromatic heterocycles.